The summed E-state index contributed by atoms with van der Waals surface area (Å²) in [6.45, 7) is 0.174. The zero-order chi connectivity index (χ0) is 43.1. The first-order valence-electron chi connectivity index (χ1n) is 18.8. The number of nitrogens with one attached hydrogen (secondary N) is 5. The summed E-state index contributed by atoms with van der Waals surface area (Å²) in [7, 11) is 2.29. The van der Waals surface area contributed by atoms with E-state index in [-0.39, 0.29) is 43.1 Å². The van der Waals surface area contributed by atoms with Gasteiger partial charge in [0.25, 0.3) is 0 Å². The van der Waals surface area contributed by atoms with Crippen LogP contribution in [-0.4, -0.2) is 123 Å². The summed E-state index contributed by atoms with van der Waals surface area (Å²) in [5.74, 6) is -7.95. The zero-order valence-electron chi connectivity index (χ0n) is 31.9. The Kier molecular flexibility index (Phi) is 17.4. The van der Waals surface area contributed by atoms with Crippen LogP contribution in [0.2, 0.25) is 0 Å². The van der Waals surface area contributed by atoms with Crippen molar-refractivity contribution in [3.8, 4) is 5.75 Å². The van der Waals surface area contributed by atoms with Crippen molar-refractivity contribution in [1.29, 1.82) is 0 Å². The number of hydrogen-bond donors (Lipinski definition) is 9. The first kappa shape index (κ1) is 45.9. The quantitative estimate of drug-likeness (QED) is 0.118. The molecule has 2 fully saturated rings. The van der Waals surface area contributed by atoms with Gasteiger partial charge in [-0.2, -0.15) is 0 Å². The lowest BCUT2D eigenvalue weighted by atomic mass is 10.0. The van der Waals surface area contributed by atoms with E-state index >= 15 is 0 Å². The fourth-order valence-corrected chi connectivity index (χ4v) is 8.59. The van der Waals surface area contributed by atoms with Gasteiger partial charge in [0, 0.05) is 43.7 Å². The SMILES string of the molecule is NC(=O)C[C@@H]1NC(=O)[C@H](CCC(=O)O)NC(=O)[C@H](Cc2ccccc2)NC(=O)[C@H](Cc2ccc(O)cc2)NC(=O)CCSSC[C@@H](C(=O)N2CCC[C@H]2C(N)=O)NC1=O. The number of carboxylic acids is 1. The number of likely N-dealkylation sites (tertiary alicyclic amines) is 1. The molecule has 0 radical (unpaired) electrons. The van der Waals surface area contributed by atoms with E-state index in [0.717, 1.165) is 10.8 Å². The summed E-state index contributed by atoms with van der Waals surface area (Å²) < 4.78 is 0. The van der Waals surface area contributed by atoms with Crippen LogP contribution in [0.5, 0.6) is 5.75 Å². The fraction of sp³-hybridized carbons (Fsp3) is 0.447. The number of aromatic hydroxyl groups is 1. The van der Waals surface area contributed by atoms with E-state index in [9.17, 15) is 53.4 Å². The molecular weight excluding hydrogens is 809 g/mol. The van der Waals surface area contributed by atoms with Crippen LogP contribution in [0.1, 0.15) is 49.7 Å². The smallest absolute Gasteiger partial charge is 0.303 e. The summed E-state index contributed by atoms with van der Waals surface area (Å²) in [5.41, 5.74) is 12.1. The second-order valence-electron chi connectivity index (χ2n) is 14.0. The summed E-state index contributed by atoms with van der Waals surface area (Å²) >= 11 is 0. The molecule has 0 saturated carbocycles. The van der Waals surface area contributed by atoms with Crippen molar-refractivity contribution < 1.29 is 53.4 Å². The number of nitrogens with two attached hydrogens (primary N) is 2. The van der Waals surface area contributed by atoms with Crippen LogP contribution in [0.4, 0.5) is 0 Å². The topological polar surface area (TPSA) is 310 Å². The number of carbonyl (C=O) groups is 9. The molecule has 19 nitrogen and oxygen atoms in total. The Morgan fingerprint density at radius 2 is 1.31 bits per heavy atom. The van der Waals surface area contributed by atoms with E-state index in [2.05, 4.69) is 26.6 Å². The largest absolute Gasteiger partial charge is 0.508 e. The van der Waals surface area contributed by atoms with Gasteiger partial charge in [-0.3, -0.25) is 43.2 Å². The average molecular weight is 857 g/mol. The van der Waals surface area contributed by atoms with E-state index < -0.39 is 109 Å². The van der Waals surface area contributed by atoms with Crippen LogP contribution in [0, 0.1) is 0 Å². The lowest BCUT2D eigenvalue weighted by Crippen LogP contribution is -2.60. The fourth-order valence-electron chi connectivity index (χ4n) is 6.45. The molecule has 318 valence electrons. The number of hydrogen-bond acceptors (Lipinski definition) is 12. The monoisotopic (exact) mass is 856 g/mol. The molecule has 2 aliphatic heterocycles. The second kappa shape index (κ2) is 22.4. The highest BCUT2D eigenvalue weighted by Crippen LogP contribution is 2.25. The summed E-state index contributed by atoms with van der Waals surface area (Å²) in [4.78, 5) is 120. The van der Waals surface area contributed by atoms with Gasteiger partial charge in [-0.05, 0) is 42.5 Å². The first-order chi connectivity index (χ1) is 28.1. The summed E-state index contributed by atoms with van der Waals surface area (Å²) in [6.07, 6.45) is -1.32. The number of carbonyl (C=O) groups excluding carboxylic acids is 8. The van der Waals surface area contributed by atoms with Gasteiger partial charge in [-0.25, -0.2) is 0 Å². The number of rotatable bonds is 11. The van der Waals surface area contributed by atoms with Crippen molar-refractivity contribution in [1.82, 2.24) is 31.5 Å². The minimum atomic E-state index is -1.70. The van der Waals surface area contributed by atoms with Crippen LogP contribution in [0.25, 0.3) is 0 Å². The van der Waals surface area contributed by atoms with E-state index in [4.69, 9.17) is 11.5 Å². The third-order valence-electron chi connectivity index (χ3n) is 9.47. The van der Waals surface area contributed by atoms with Crippen LogP contribution in [0.3, 0.4) is 0 Å². The van der Waals surface area contributed by atoms with Gasteiger partial charge in [-0.15, -0.1) is 0 Å². The molecule has 2 aromatic carbocycles. The third-order valence-corrected chi connectivity index (χ3v) is 11.9. The number of benzene rings is 2. The number of phenolic OH excluding ortho intramolecular Hbond substituents is 1. The van der Waals surface area contributed by atoms with Gasteiger partial charge in [0.05, 0.1) is 6.42 Å². The van der Waals surface area contributed by atoms with Crippen molar-refractivity contribution >= 4 is 74.8 Å². The normalized spacial score (nSPS) is 24.1. The zero-order valence-corrected chi connectivity index (χ0v) is 33.6. The molecule has 2 saturated heterocycles. The van der Waals surface area contributed by atoms with Gasteiger partial charge in [-0.1, -0.05) is 64.1 Å². The number of primary amides is 2. The lowest BCUT2D eigenvalue weighted by Gasteiger charge is -2.29. The van der Waals surface area contributed by atoms with E-state index in [1.165, 1.54) is 27.8 Å². The molecule has 0 aromatic heterocycles. The van der Waals surface area contributed by atoms with Crippen molar-refractivity contribution in [3.63, 3.8) is 0 Å². The molecule has 8 amide bonds. The van der Waals surface area contributed by atoms with Gasteiger partial charge in [0.1, 0.15) is 42.0 Å². The highest BCUT2D eigenvalue weighted by atomic mass is 33.1. The van der Waals surface area contributed by atoms with E-state index in [0.29, 0.717) is 24.0 Å². The Morgan fingerprint density at radius 3 is 1.93 bits per heavy atom. The molecule has 0 aliphatic carbocycles. The van der Waals surface area contributed by atoms with Gasteiger partial charge in [0.15, 0.2) is 0 Å². The minimum absolute atomic E-state index is 0.0216. The molecule has 0 bridgehead atoms. The van der Waals surface area contributed by atoms with Gasteiger partial charge >= 0.3 is 5.97 Å². The van der Waals surface area contributed by atoms with Gasteiger partial charge < -0.3 is 53.2 Å². The Balaban J connectivity index is 1.71. The maximum Gasteiger partial charge on any atom is 0.303 e. The molecule has 21 heteroatoms. The summed E-state index contributed by atoms with van der Waals surface area (Å²) in [6, 6.07) is 6.32. The Hall–Kier alpha value is -5.83. The number of phenols is 1. The van der Waals surface area contributed by atoms with Crippen molar-refractivity contribution in [2.45, 2.75) is 87.6 Å². The molecule has 11 N–H and O–H groups in total. The van der Waals surface area contributed by atoms with Crippen LogP contribution in [-0.2, 0) is 56.0 Å². The van der Waals surface area contributed by atoms with E-state index in [1.54, 1.807) is 42.5 Å². The van der Waals surface area contributed by atoms with Crippen molar-refractivity contribution in [2.75, 3.05) is 18.1 Å². The predicted octanol–water partition coefficient (Wildman–Crippen LogP) is -1.40. The van der Waals surface area contributed by atoms with E-state index in [1.807, 2.05) is 0 Å². The molecule has 2 aromatic rings. The highest BCUT2D eigenvalue weighted by molar-refractivity contribution is 8.76. The predicted molar refractivity (Wildman–Crippen MR) is 216 cm³/mol. The lowest BCUT2D eigenvalue weighted by molar-refractivity contribution is -0.141. The highest BCUT2D eigenvalue weighted by Gasteiger charge is 2.38. The standard InChI is InChI=1S/C38H48N8O11S2/c39-30(48)19-27-37(56)45-28(38(57)46-15-4-7-29(46)33(40)52)20-59-58-16-14-31(49)41-25(18-22-8-10-23(47)11-9-22)35(54)43-26(17-21-5-2-1-3-6-21)36(55)42-24(34(53)44-27)12-13-32(50)51/h1-3,5-6,8-11,24-29,47H,4,7,12-20H2,(H2,39,48)(H2,40,52)(H,41,49)(H,42,55)(H,43,54)(H,44,53)(H,45,56)(H,50,51)/t24-,25-,26-,27-,28-,29-/m0/s1. The van der Waals surface area contributed by atoms with Crippen LogP contribution in [0.15, 0.2) is 54.6 Å². The average Bonchev–Trinajstić information content (AvgIpc) is 3.69. The Labute approximate surface area is 347 Å². The Morgan fingerprint density at radius 1 is 0.729 bits per heavy atom. The second-order valence-corrected chi connectivity index (χ2v) is 16.6. The molecule has 6 atom stereocenters. The third kappa shape index (κ3) is 14.5. The molecule has 2 aliphatic rings. The van der Waals surface area contributed by atoms with Crippen molar-refractivity contribution in [3.05, 3.63) is 65.7 Å². The maximum atomic E-state index is 14.0. The molecule has 0 spiro atoms. The first-order valence-corrected chi connectivity index (χ1v) is 21.3. The molecule has 4 rings (SSSR count). The van der Waals surface area contributed by atoms with Crippen molar-refractivity contribution in [2.24, 2.45) is 11.5 Å². The molecule has 2 heterocycles. The van der Waals surface area contributed by atoms with Crippen LogP contribution >= 0.6 is 21.6 Å². The van der Waals surface area contributed by atoms with Crippen LogP contribution < -0.4 is 38.1 Å². The number of nitrogens with zero attached hydrogens (tertiary/aromatic N) is 1. The molecule has 59 heavy (non-hydrogen) atoms. The maximum absolute atomic E-state index is 14.0. The molecular formula is C38H48N8O11S2. The number of carboxylic acid groups (broad SMARTS) is 1. The number of amides is 8. The summed E-state index contributed by atoms with van der Waals surface area (Å²) in [5, 5.41) is 32.1. The van der Waals surface area contributed by atoms with Gasteiger partial charge in [0.2, 0.25) is 47.3 Å². The minimum Gasteiger partial charge on any atom is -0.508 e. The Bertz CT molecular complexity index is 1870. The molecule has 0 unspecified atom stereocenters. The number of aliphatic carboxylic acids is 1.